The van der Waals surface area contributed by atoms with E-state index in [1.54, 1.807) is 0 Å². The Morgan fingerprint density at radius 3 is 1.36 bits per heavy atom. The van der Waals surface area contributed by atoms with Gasteiger partial charge < -0.3 is 99.5 Å². The van der Waals surface area contributed by atoms with E-state index in [-0.39, 0.29) is 5.56 Å². The average Bonchev–Trinajstić information content (AvgIpc) is 3.23. The molecule has 0 aliphatic heterocycles. The number of nitro groups is 2. The maximum absolute atomic E-state index is 13.8. The normalized spacial score (nSPS) is 13.7. The number of rotatable bonds is 22. The standard InChI is InChI=1S/C31H43N23O13/c32-15(16(33)56)44-22(58)17(49-28(34)35)46-24(60)19(51-30(38)39)48-25(61)20(52-31(40)41)47-23(59)18(50-29(36)37)45-21(57)13(9-4-2-1-3-5-9)43-27(63)26(62)42-8-10-6-11(53(64)65)7-12(14(10)55)54(66)67/h1-8,13,15,17-20,26,55,62H,32H2,(H2,33,56)(H,43,63)(H,44,58)(H,45,57)(H,46,60)(H,47,59)(H,48,61)(H4,34,35,49)(H4,36,37,50)(H4,38,39,51)(H4,40,41,52). The molecule has 0 aliphatic carbocycles. The average molecular weight is 946 g/mol. The molecule has 0 radical (unpaired) electrons. The second kappa shape index (κ2) is 24.0. The third kappa shape index (κ3) is 16.7. The molecule has 67 heavy (non-hydrogen) atoms. The Labute approximate surface area is 373 Å². The number of nitrogens with one attached hydrogen (secondary N) is 6. The van der Waals surface area contributed by atoms with Gasteiger partial charge in [-0.2, -0.15) is 0 Å². The van der Waals surface area contributed by atoms with Crippen molar-refractivity contribution in [1.82, 2.24) is 31.9 Å². The zero-order valence-electron chi connectivity index (χ0n) is 33.9. The molecular weight excluding hydrogens is 902 g/mol. The third-order valence-corrected chi connectivity index (χ3v) is 7.61. The minimum Gasteiger partial charge on any atom is -0.502 e. The van der Waals surface area contributed by atoms with Gasteiger partial charge in [0.05, 0.1) is 15.9 Å². The molecule has 2 rings (SSSR count). The van der Waals surface area contributed by atoms with Crippen LogP contribution in [-0.4, -0.2) is 129 Å². The number of benzene rings is 2. The molecule has 0 bridgehead atoms. The van der Waals surface area contributed by atoms with Gasteiger partial charge in [-0.25, -0.2) is 20.0 Å². The number of amides is 7. The highest BCUT2D eigenvalue weighted by Crippen LogP contribution is 2.33. The fraction of sp³-hybridized carbons (Fsp3) is 0.226. The van der Waals surface area contributed by atoms with Gasteiger partial charge in [-0.15, -0.1) is 0 Å². The Morgan fingerprint density at radius 2 is 0.985 bits per heavy atom. The van der Waals surface area contributed by atoms with E-state index in [0.29, 0.717) is 18.3 Å². The SMILES string of the molecule is NC(=O)C(N)NC(=O)C(N=C(N)N)NC(=O)C(N=C(N)N)NC(=O)C(N=C(N)N)NC(=O)C(N=C(N)N)NC(=O)C(NC(=O)C(O)N=Cc1cc([N+](=O)[O-])cc([N+](=O)[O-])c1O)c1ccccc1. The lowest BCUT2D eigenvalue weighted by atomic mass is 10.1. The smallest absolute Gasteiger partial charge is 0.318 e. The number of phenols is 1. The largest absolute Gasteiger partial charge is 0.502 e. The topological polar surface area (TPSA) is 640 Å². The predicted molar refractivity (Wildman–Crippen MR) is 229 cm³/mol. The van der Waals surface area contributed by atoms with E-state index in [4.69, 9.17) is 57.3 Å². The number of guanidine groups is 4. The third-order valence-electron chi connectivity index (χ3n) is 7.61. The highest BCUT2D eigenvalue weighted by Gasteiger charge is 2.34. The summed E-state index contributed by atoms with van der Waals surface area (Å²) in [5.41, 5.74) is 51.0. The summed E-state index contributed by atoms with van der Waals surface area (Å²) in [6.45, 7) is 0. The number of phenolic OH excluding ortho intramolecular Hbond substituents is 1. The van der Waals surface area contributed by atoms with Gasteiger partial charge in [0.1, 0.15) is 6.04 Å². The van der Waals surface area contributed by atoms with E-state index >= 15 is 0 Å². The van der Waals surface area contributed by atoms with Crippen LogP contribution in [0.3, 0.4) is 0 Å². The Kier molecular flexibility index (Phi) is 19.0. The fourth-order valence-electron chi connectivity index (χ4n) is 4.73. The summed E-state index contributed by atoms with van der Waals surface area (Å²) in [5.74, 6) is -14.2. The van der Waals surface area contributed by atoms with Crippen LogP contribution in [0.5, 0.6) is 5.75 Å². The summed E-state index contributed by atoms with van der Waals surface area (Å²) < 4.78 is 0. The van der Waals surface area contributed by atoms with Crippen LogP contribution in [0.4, 0.5) is 11.4 Å². The fourth-order valence-corrected chi connectivity index (χ4v) is 4.73. The molecule has 0 spiro atoms. The van der Waals surface area contributed by atoms with Crippen molar-refractivity contribution in [2.45, 2.75) is 43.1 Å². The van der Waals surface area contributed by atoms with Gasteiger partial charge in [-0.3, -0.25) is 58.8 Å². The van der Waals surface area contributed by atoms with Crippen molar-refractivity contribution in [3.8, 4) is 5.75 Å². The summed E-state index contributed by atoms with van der Waals surface area (Å²) in [6, 6.07) is 6.12. The number of nitrogens with two attached hydrogens (primary N) is 10. The van der Waals surface area contributed by atoms with Gasteiger partial charge in [0, 0.05) is 17.8 Å². The maximum Gasteiger partial charge on any atom is 0.318 e. The first-order chi connectivity index (χ1) is 31.2. The predicted octanol–water partition coefficient (Wildman–Crippen LogP) is -10.4. The van der Waals surface area contributed by atoms with Crippen molar-refractivity contribution in [2.75, 3.05) is 0 Å². The number of carbonyl (C=O) groups excluding carboxylic acids is 7. The lowest BCUT2D eigenvalue weighted by Gasteiger charge is -2.24. The molecule has 360 valence electrons. The van der Waals surface area contributed by atoms with Gasteiger partial charge in [0.25, 0.3) is 41.1 Å². The number of nitro benzene ring substituents is 2. The summed E-state index contributed by atoms with van der Waals surface area (Å²) in [7, 11) is 0. The molecule has 36 nitrogen and oxygen atoms in total. The molecule has 7 atom stereocenters. The number of non-ortho nitro benzene ring substituents is 1. The Bertz CT molecular complexity index is 2390. The Balaban J connectivity index is 2.45. The zero-order valence-corrected chi connectivity index (χ0v) is 33.9. The first kappa shape index (κ1) is 53.1. The summed E-state index contributed by atoms with van der Waals surface area (Å²) in [4.78, 5) is 129. The van der Waals surface area contributed by atoms with E-state index in [9.17, 15) is 64.0 Å². The number of aliphatic hydroxyl groups is 1. The van der Waals surface area contributed by atoms with Crippen LogP contribution in [0.1, 0.15) is 17.2 Å². The lowest BCUT2D eigenvalue weighted by molar-refractivity contribution is -0.394. The van der Waals surface area contributed by atoms with Crippen molar-refractivity contribution < 1.29 is 53.6 Å². The molecule has 2 aromatic carbocycles. The van der Waals surface area contributed by atoms with Crippen molar-refractivity contribution in [3.05, 3.63) is 73.8 Å². The molecule has 0 aliphatic rings. The number of aliphatic imine (C=N–C) groups is 5. The van der Waals surface area contributed by atoms with E-state index < -0.39 is 141 Å². The molecule has 0 aromatic heterocycles. The van der Waals surface area contributed by atoms with Crippen molar-refractivity contribution in [2.24, 2.45) is 82.3 Å². The minimum atomic E-state index is -2.47. The monoisotopic (exact) mass is 945 g/mol. The number of hydrogen-bond donors (Lipinski definition) is 18. The van der Waals surface area contributed by atoms with Crippen LogP contribution in [-0.2, 0) is 33.6 Å². The number of hydrogen-bond acceptors (Lipinski definition) is 19. The van der Waals surface area contributed by atoms with Gasteiger partial charge in [-0.05, 0) is 5.56 Å². The molecule has 0 fully saturated rings. The van der Waals surface area contributed by atoms with Gasteiger partial charge in [0.2, 0.25) is 42.5 Å². The van der Waals surface area contributed by atoms with Crippen molar-refractivity contribution in [1.29, 1.82) is 0 Å². The van der Waals surface area contributed by atoms with E-state index in [2.05, 4.69) is 35.6 Å². The van der Waals surface area contributed by atoms with Crippen LogP contribution in [0.15, 0.2) is 67.4 Å². The summed E-state index contributed by atoms with van der Waals surface area (Å²) in [6.07, 6.45) is -12.6. The summed E-state index contributed by atoms with van der Waals surface area (Å²) >= 11 is 0. The number of nitrogens with zero attached hydrogens (tertiary/aromatic N) is 7. The molecular formula is C31H43N23O13. The second-order valence-electron chi connectivity index (χ2n) is 12.7. The van der Waals surface area contributed by atoms with Crippen molar-refractivity contribution in [3.63, 3.8) is 0 Å². The van der Waals surface area contributed by atoms with E-state index in [0.717, 1.165) is 0 Å². The number of primary amides is 1. The molecule has 36 heteroatoms. The minimum absolute atomic E-state index is 0.0302. The van der Waals surface area contributed by atoms with Gasteiger partial charge in [-0.1, -0.05) is 30.3 Å². The molecule has 0 saturated carbocycles. The van der Waals surface area contributed by atoms with E-state index in [1.807, 2.05) is 21.3 Å². The zero-order chi connectivity index (χ0) is 50.9. The number of aliphatic hydroxyl groups excluding tert-OH is 1. The molecule has 7 amide bonds. The lowest BCUT2D eigenvalue weighted by Crippen LogP contribution is -2.60. The van der Waals surface area contributed by atoms with Crippen LogP contribution < -0.4 is 89.2 Å². The number of carbonyl (C=O) groups is 7. The quantitative estimate of drug-likeness (QED) is 0.0171. The van der Waals surface area contributed by atoms with Crippen molar-refractivity contribution >= 4 is 82.8 Å². The highest BCUT2D eigenvalue weighted by atomic mass is 16.6. The first-order valence-corrected chi connectivity index (χ1v) is 17.9. The number of aromatic hydroxyl groups is 1. The van der Waals surface area contributed by atoms with Gasteiger partial charge in [0.15, 0.2) is 30.0 Å². The molecule has 2 aromatic rings. The summed E-state index contributed by atoms with van der Waals surface area (Å²) in [5, 5.41) is 55.3. The van der Waals surface area contributed by atoms with Crippen LogP contribution in [0.2, 0.25) is 0 Å². The highest BCUT2D eigenvalue weighted by molar-refractivity contribution is 5.99. The molecule has 0 saturated heterocycles. The van der Waals surface area contributed by atoms with Crippen LogP contribution in [0, 0.1) is 20.2 Å². The second-order valence-corrected chi connectivity index (χ2v) is 12.7. The van der Waals surface area contributed by atoms with E-state index in [1.165, 1.54) is 30.3 Å². The Hall–Kier alpha value is -10.0. The van der Waals surface area contributed by atoms with Crippen LogP contribution in [0.25, 0.3) is 0 Å². The molecule has 7 unspecified atom stereocenters. The van der Waals surface area contributed by atoms with Gasteiger partial charge >= 0.3 is 5.69 Å². The van der Waals surface area contributed by atoms with Crippen LogP contribution >= 0.6 is 0 Å². The molecule has 28 N–H and O–H groups in total. The first-order valence-electron chi connectivity index (χ1n) is 17.9. The maximum atomic E-state index is 13.8. The molecule has 0 heterocycles. The Morgan fingerprint density at radius 1 is 0.582 bits per heavy atom.